The lowest BCUT2D eigenvalue weighted by Crippen LogP contribution is -2.31. The molecule has 3 aliphatic rings. The van der Waals surface area contributed by atoms with Crippen molar-refractivity contribution in [3.8, 4) is 0 Å². The van der Waals surface area contributed by atoms with E-state index in [0.29, 0.717) is 5.41 Å². The third-order valence-corrected chi connectivity index (χ3v) is 6.47. The second kappa shape index (κ2) is 5.46. The van der Waals surface area contributed by atoms with E-state index in [2.05, 4.69) is 26.0 Å². The van der Waals surface area contributed by atoms with Gasteiger partial charge in [-0.05, 0) is 75.0 Å². The normalized spacial score (nSPS) is 41.4. The summed E-state index contributed by atoms with van der Waals surface area (Å²) in [6, 6.07) is 0. The van der Waals surface area contributed by atoms with Gasteiger partial charge in [0.2, 0.25) is 0 Å². The summed E-state index contributed by atoms with van der Waals surface area (Å²) in [4.78, 5) is 0. The van der Waals surface area contributed by atoms with E-state index in [1.807, 2.05) is 0 Å². The molecule has 0 aromatic rings. The van der Waals surface area contributed by atoms with Gasteiger partial charge in [-0.3, -0.25) is 0 Å². The van der Waals surface area contributed by atoms with Gasteiger partial charge in [-0.1, -0.05) is 43.6 Å². The molecule has 0 radical (unpaired) electrons. The van der Waals surface area contributed by atoms with Crippen molar-refractivity contribution < 1.29 is 0 Å². The summed E-state index contributed by atoms with van der Waals surface area (Å²) in [5, 5.41) is 0. The third-order valence-electron chi connectivity index (χ3n) is 6.47. The highest BCUT2D eigenvalue weighted by Gasteiger charge is 2.46. The minimum absolute atomic E-state index is 0.620. The predicted molar refractivity (Wildman–Crippen MR) is 83.1 cm³/mol. The maximum Gasteiger partial charge on any atom is -0.0143 e. The highest BCUT2D eigenvalue weighted by molar-refractivity contribution is 5.25. The summed E-state index contributed by atoms with van der Waals surface area (Å²) >= 11 is 0. The average molecular weight is 258 g/mol. The second-order valence-corrected chi connectivity index (χ2v) is 7.52. The van der Waals surface area contributed by atoms with Crippen molar-refractivity contribution in [1.82, 2.24) is 0 Å². The zero-order valence-electron chi connectivity index (χ0n) is 12.9. The zero-order chi connectivity index (χ0) is 13.3. The number of fused-ring (bicyclic) bond motifs is 1. The molecule has 0 spiro atoms. The molecule has 0 heterocycles. The quantitative estimate of drug-likeness (QED) is 0.538. The number of rotatable bonds is 1. The highest BCUT2D eigenvalue weighted by Crippen LogP contribution is 2.57. The van der Waals surface area contributed by atoms with Crippen LogP contribution in [0.5, 0.6) is 0 Å². The maximum absolute atomic E-state index is 2.57. The average Bonchev–Trinajstić information content (AvgIpc) is 2.74. The molecule has 0 heteroatoms. The van der Waals surface area contributed by atoms with Gasteiger partial charge in [-0.25, -0.2) is 0 Å². The minimum atomic E-state index is 0.620. The van der Waals surface area contributed by atoms with Gasteiger partial charge in [-0.15, -0.1) is 0 Å². The van der Waals surface area contributed by atoms with Crippen LogP contribution in [0.4, 0.5) is 0 Å². The molecule has 0 bridgehead atoms. The summed E-state index contributed by atoms with van der Waals surface area (Å²) < 4.78 is 0. The topological polar surface area (TPSA) is 0 Å². The summed E-state index contributed by atoms with van der Waals surface area (Å²) in [6.45, 7) is 5.05. The molecule has 106 valence electrons. The van der Waals surface area contributed by atoms with E-state index in [9.17, 15) is 0 Å². The Balaban J connectivity index is 1.76. The van der Waals surface area contributed by atoms with Crippen LogP contribution in [0, 0.1) is 17.3 Å². The first-order valence-corrected chi connectivity index (χ1v) is 8.58. The van der Waals surface area contributed by atoms with Gasteiger partial charge in [0.15, 0.2) is 0 Å². The van der Waals surface area contributed by atoms with Crippen LogP contribution in [-0.2, 0) is 0 Å². The number of hydrogen-bond donors (Lipinski definition) is 0. The van der Waals surface area contributed by atoms with Gasteiger partial charge in [0, 0.05) is 0 Å². The van der Waals surface area contributed by atoms with Crippen LogP contribution in [0.25, 0.3) is 0 Å². The molecule has 0 saturated heterocycles. The molecule has 0 aromatic carbocycles. The first-order valence-electron chi connectivity index (χ1n) is 8.58. The molecule has 3 aliphatic carbocycles. The van der Waals surface area contributed by atoms with Gasteiger partial charge in [0.1, 0.15) is 0 Å². The molecule has 3 rings (SSSR count). The molecule has 0 aromatic heterocycles. The number of allylic oxidation sites excluding steroid dienone is 4. The summed E-state index contributed by atoms with van der Waals surface area (Å²) in [6.07, 6.45) is 19.2. The Morgan fingerprint density at radius 2 is 1.74 bits per heavy atom. The van der Waals surface area contributed by atoms with Crippen LogP contribution in [0.15, 0.2) is 23.3 Å². The lowest BCUT2D eigenvalue weighted by molar-refractivity contribution is 0.147. The first kappa shape index (κ1) is 13.5. The SMILES string of the molecule is CC1CCC2/C(=C/C=C3CCCCC3)CCCC12C. The molecule has 0 aliphatic heterocycles. The van der Waals surface area contributed by atoms with Crippen LogP contribution < -0.4 is 0 Å². The van der Waals surface area contributed by atoms with Crippen molar-refractivity contribution in [2.24, 2.45) is 17.3 Å². The Morgan fingerprint density at radius 3 is 2.53 bits per heavy atom. The van der Waals surface area contributed by atoms with Crippen LogP contribution >= 0.6 is 0 Å². The third kappa shape index (κ3) is 2.56. The first-order chi connectivity index (χ1) is 9.20. The van der Waals surface area contributed by atoms with E-state index in [0.717, 1.165) is 11.8 Å². The van der Waals surface area contributed by atoms with Crippen molar-refractivity contribution in [2.75, 3.05) is 0 Å². The molecule has 3 fully saturated rings. The second-order valence-electron chi connectivity index (χ2n) is 7.52. The predicted octanol–water partition coefficient (Wildman–Crippen LogP) is 6.04. The van der Waals surface area contributed by atoms with Crippen molar-refractivity contribution in [2.45, 2.75) is 78.1 Å². The van der Waals surface area contributed by atoms with Gasteiger partial charge in [-0.2, -0.15) is 0 Å². The van der Waals surface area contributed by atoms with E-state index in [1.165, 1.54) is 64.2 Å². The minimum Gasteiger partial charge on any atom is -0.0702 e. The summed E-state index contributed by atoms with van der Waals surface area (Å²) in [5.41, 5.74) is 4.13. The van der Waals surface area contributed by atoms with Gasteiger partial charge < -0.3 is 0 Å². The largest absolute Gasteiger partial charge is 0.0702 e. The van der Waals surface area contributed by atoms with Gasteiger partial charge in [0.25, 0.3) is 0 Å². The molecule has 3 atom stereocenters. The van der Waals surface area contributed by atoms with Crippen LogP contribution in [0.2, 0.25) is 0 Å². The fourth-order valence-electron chi connectivity index (χ4n) is 4.89. The van der Waals surface area contributed by atoms with E-state index < -0.39 is 0 Å². The van der Waals surface area contributed by atoms with Crippen molar-refractivity contribution in [3.63, 3.8) is 0 Å². The van der Waals surface area contributed by atoms with Crippen LogP contribution in [0.1, 0.15) is 78.1 Å². The summed E-state index contributed by atoms with van der Waals surface area (Å²) in [5.74, 6) is 1.83. The van der Waals surface area contributed by atoms with E-state index in [-0.39, 0.29) is 0 Å². The van der Waals surface area contributed by atoms with Crippen molar-refractivity contribution in [1.29, 1.82) is 0 Å². The Bertz CT molecular complexity index is 379. The molecule has 19 heavy (non-hydrogen) atoms. The fraction of sp³-hybridized carbons (Fsp3) is 0.789. The Labute approximate surface area is 119 Å². The molecule has 3 saturated carbocycles. The van der Waals surface area contributed by atoms with Crippen LogP contribution in [0.3, 0.4) is 0 Å². The molecule has 0 amide bonds. The summed E-state index contributed by atoms with van der Waals surface area (Å²) in [7, 11) is 0. The monoisotopic (exact) mass is 258 g/mol. The molecule has 0 nitrogen and oxygen atoms in total. The standard InChI is InChI=1S/C19H30/c1-15-10-13-18-17(9-6-14-19(15,18)2)12-11-16-7-4-3-5-8-16/h11-12,15,18H,3-10,13-14H2,1-2H3/b17-12+. The highest BCUT2D eigenvalue weighted by atomic mass is 14.5. The molecule has 3 unspecified atom stereocenters. The Kier molecular flexibility index (Phi) is 3.87. The van der Waals surface area contributed by atoms with E-state index >= 15 is 0 Å². The molecular formula is C19H30. The maximum atomic E-state index is 2.57. The van der Waals surface area contributed by atoms with Crippen molar-refractivity contribution in [3.05, 3.63) is 23.3 Å². The van der Waals surface area contributed by atoms with Crippen molar-refractivity contribution >= 4 is 0 Å². The molecule has 0 N–H and O–H groups in total. The molecular weight excluding hydrogens is 228 g/mol. The van der Waals surface area contributed by atoms with Gasteiger partial charge >= 0.3 is 0 Å². The smallest absolute Gasteiger partial charge is 0.0143 e. The fourth-order valence-corrected chi connectivity index (χ4v) is 4.89. The van der Waals surface area contributed by atoms with E-state index in [4.69, 9.17) is 0 Å². The zero-order valence-corrected chi connectivity index (χ0v) is 12.9. The lowest BCUT2D eigenvalue weighted by Gasteiger charge is -2.41. The Hall–Kier alpha value is -0.520. The lowest BCUT2D eigenvalue weighted by atomic mass is 9.64. The number of hydrogen-bond acceptors (Lipinski definition) is 0. The van der Waals surface area contributed by atoms with Crippen LogP contribution in [-0.4, -0.2) is 0 Å². The van der Waals surface area contributed by atoms with Gasteiger partial charge in [0.05, 0.1) is 0 Å². The Morgan fingerprint density at radius 1 is 0.947 bits per heavy atom. The van der Waals surface area contributed by atoms with E-state index in [1.54, 1.807) is 11.1 Å².